The molecule has 3 atom stereocenters. The summed E-state index contributed by atoms with van der Waals surface area (Å²) in [5, 5.41) is 2.88. The molecule has 172 valence electrons. The van der Waals surface area contributed by atoms with Crippen LogP contribution in [0.25, 0.3) is 0 Å². The standard InChI is InChI=1S/C21H31N3O5S2/c1-16-7-2-3-12-24(16)31(28,29)18-9-6-8-17(13-18)21(25)22-19-14-30(26,27)15-20(19)23-10-4-5-11-23/h6,8-9,13,16,19-20H,2-5,7,10-12,14-15H2,1H3,(H,22,25). The molecule has 0 radical (unpaired) electrons. The van der Waals surface area contributed by atoms with E-state index in [1.807, 2.05) is 6.92 Å². The Balaban J connectivity index is 1.53. The second-order valence-corrected chi connectivity index (χ2v) is 13.0. The molecule has 3 aliphatic rings. The number of hydrogen-bond acceptors (Lipinski definition) is 6. The van der Waals surface area contributed by atoms with Crippen LogP contribution in [-0.4, -0.2) is 81.2 Å². The molecule has 4 rings (SSSR count). The topological polar surface area (TPSA) is 104 Å². The van der Waals surface area contributed by atoms with Crippen molar-refractivity contribution in [2.24, 2.45) is 0 Å². The summed E-state index contributed by atoms with van der Waals surface area (Å²) in [7, 11) is -6.91. The van der Waals surface area contributed by atoms with E-state index in [1.165, 1.54) is 16.4 Å². The van der Waals surface area contributed by atoms with E-state index in [2.05, 4.69) is 10.2 Å². The van der Waals surface area contributed by atoms with Gasteiger partial charge in [-0.3, -0.25) is 9.69 Å². The molecule has 8 nitrogen and oxygen atoms in total. The molecule has 10 heteroatoms. The van der Waals surface area contributed by atoms with Crippen molar-refractivity contribution in [3.63, 3.8) is 0 Å². The van der Waals surface area contributed by atoms with Crippen molar-refractivity contribution in [2.45, 2.75) is 62.0 Å². The minimum absolute atomic E-state index is 0.0548. The number of carbonyl (C=O) groups is 1. The molecule has 1 aromatic carbocycles. The number of carbonyl (C=O) groups excluding carboxylic acids is 1. The average molecular weight is 470 g/mol. The fourth-order valence-corrected chi connectivity index (χ4v) is 8.71. The first kappa shape index (κ1) is 22.7. The third-order valence-electron chi connectivity index (χ3n) is 6.69. The molecule has 1 N–H and O–H groups in total. The number of sulfonamides is 1. The fraction of sp³-hybridized carbons (Fsp3) is 0.667. The largest absolute Gasteiger partial charge is 0.347 e. The third kappa shape index (κ3) is 4.81. The highest BCUT2D eigenvalue weighted by Crippen LogP contribution is 2.26. The second kappa shape index (κ2) is 8.80. The Hall–Kier alpha value is -1.49. The SMILES string of the molecule is CC1CCCCN1S(=O)(=O)c1cccc(C(=O)NC2CS(=O)(=O)CC2N2CCCC2)c1. The van der Waals surface area contributed by atoms with Gasteiger partial charge in [0.2, 0.25) is 10.0 Å². The van der Waals surface area contributed by atoms with Crippen molar-refractivity contribution >= 4 is 25.8 Å². The minimum atomic E-state index is -3.69. The normalized spacial score (nSPS) is 29.8. The molecule has 3 unspecified atom stereocenters. The van der Waals surface area contributed by atoms with Crippen molar-refractivity contribution in [1.29, 1.82) is 0 Å². The number of nitrogens with zero attached hydrogens (tertiary/aromatic N) is 2. The molecular weight excluding hydrogens is 438 g/mol. The second-order valence-electron chi connectivity index (χ2n) is 8.96. The summed E-state index contributed by atoms with van der Waals surface area (Å²) >= 11 is 0. The lowest BCUT2D eigenvalue weighted by atomic mass is 10.1. The molecule has 1 amide bonds. The molecule has 0 saturated carbocycles. The van der Waals surface area contributed by atoms with Crippen LogP contribution in [0, 0.1) is 0 Å². The Morgan fingerprint density at radius 2 is 1.77 bits per heavy atom. The fourth-order valence-electron chi connectivity index (χ4n) is 5.01. The minimum Gasteiger partial charge on any atom is -0.347 e. The van der Waals surface area contributed by atoms with E-state index < -0.39 is 31.8 Å². The van der Waals surface area contributed by atoms with E-state index in [9.17, 15) is 21.6 Å². The number of benzene rings is 1. The van der Waals surface area contributed by atoms with Gasteiger partial charge in [0.15, 0.2) is 9.84 Å². The lowest BCUT2D eigenvalue weighted by Gasteiger charge is -2.32. The van der Waals surface area contributed by atoms with Crippen LogP contribution >= 0.6 is 0 Å². The molecule has 3 heterocycles. The van der Waals surface area contributed by atoms with Crippen LogP contribution in [0.15, 0.2) is 29.2 Å². The molecule has 31 heavy (non-hydrogen) atoms. The monoisotopic (exact) mass is 469 g/mol. The summed E-state index contributed by atoms with van der Waals surface area (Å²) in [5.74, 6) is -0.461. The maximum absolute atomic E-state index is 13.1. The van der Waals surface area contributed by atoms with E-state index in [1.54, 1.807) is 12.1 Å². The number of nitrogens with one attached hydrogen (secondary N) is 1. The predicted molar refractivity (Wildman–Crippen MR) is 118 cm³/mol. The van der Waals surface area contributed by atoms with E-state index in [4.69, 9.17) is 0 Å². The quantitative estimate of drug-likeness (QED) is 0.696. The van der Waals surface area contributed by atoms with Crippen LogP contribution in [0.1, 0.15) is 49.4 Å². The van der Waals surface area contributed by atoms with Crippen LogP contribution in [0.3, 0.4) is 0 Å². The summed E-state index contributed by atoms with van der Waals surface area (Å²) < 4.78 is 52.3. The van der Waals surface area contributed by atoms with Crippen molar-refractivity contribution in [3.8, 4) is 0 Å². The van der Waals surface area contributed by atoms with Crippen molar-refractivity contribution in [2.75, 3.05) is 31.1 Å². The van der Waals surface area contributed by atoms with E-state index in [0.717, 1.165) is 45.2 Å². The first-order valence-electron chi connectivity index (χ1n) is 11.0. The van der Waals surface area contributed by atoms with Gasteiger partial charge in [0, 0.05) is 24.2 Å². The summed E-state index contributed by atoms with van der Waals surface area (Å²) in [6.45, 7) is 4.08. The van der Waals surface area contributed by atoms with E-state index >= 15 is 0 Å². The van der Waals surface area contributed by atoms with Crippen molar-refractivity contribution in [3.05, 3.63) is 29.8 Å². The highest BCUT2D eigenvalue weighted by atomic mass is 32.2. The molecule has 0 bridgehead atoms. The summed E-state index contributed by atoms with van der Waals surface area (Å²) in [6, 6.07) is 5.28. The average Bonchev–Trinajstić information content (AvgIpc) is 3.35. The Morgan fingerprint density at radius 1 is 1.06 bits per heavy atom. The molecule has 3 saturated heterocycles. The van der Waals surface area contributed by atoms with Crippen LogP contribution < -0.4 is 5.32 Å². The van der Waals surface area contributed by atoms with Gasteiger partial charge in [-0.25, -0.2) is 16.8 Å². The zero-order chi connectivity index (χ0) is 22.2. The zero-order valence-corrected chi connectivity index (χ0v) is 19.5. The van der Waals surface area contributed by atoms with Gasteiger partial charge in [0.1, 0.15) is 0 Å². The van der Waals surface area contributed by atoms with E-state index in [-0.39, 0.29) is 34.0 Å². The number of piperidine rings is 1. The maximum Gasteiger partial charge on any atom is 0.251 e. The van der Waals surface area contributed by atoms with Gasteiger partial charge in [0.25, 0.3) is 5.91 Å². The summed E-state index contributed by atoms with van der Waals surface area (Å²) in [4.78, 5) is 15.2. The lowest BCUT2D eigenvalue weighted by Crippen LogP contribution is -2.50. The third-order valence-corrected chi connectivity index (χ3v) is 10.4. The summed E-state index contributed by atoms with van der Waals surface area (Å²) in [6.07, 6.45) is 4.74. The van der Waals surface area contributed by atoms with Gasteiger partial charge >= 0.3 is 0 Å². The van der Waals surface area contributed by atoms with Gasteiger partial charge in [-0.15, -0.1) is 0 Å². The van der Waals surface area contributed by atoms with Gasteiger partial charge in [0.05, 0.1) is 22.4 Å². The zero-order valence-electron chi connectivity index (χ0n) is 17.9. The molecule has 0 aromatic heterocycles. The highest BCUT2D eigenvalue weighted by Gasteiger charge is 2.42. The van der Waals surface area contributed by atoms with Gasteiger partial charge in [-0.05, 0) is 63.9 Å². The van der Waals surface area contributed by atoms with Crippen LogP contribution in [0.4, 0.5) is 0 Å². The van der Waals surface area contributed by atoms with E-state index in [0.29, 0.717) is 6.54 Å². The first-order chi connectivity index (χ1) is 14.7. The highest BCUT2D eigenvalue weighted by molar-refractivity contribution is 7.91. The maximum atomic E-state index is 13.1. The number of hydrogen-bond donors (Lipinski definition) is 1. The van der Waals surface area contributed by atoms with Crippen LogP contribution in [-0.2, 0) is 19.9 Å². The Bertz CT molecular complexity index is 1030. The molecular formula is C21H31N3O5S2. The Labute approximate surface area is 185 Å². The first-order valence-corrected chi connectivity index (χ1v) is 14.3. The van der Waals surface area contributed by atoms with Gasteiger partial charge in [-0.2, -0.15) is 4.31 Å². The van der Waals surface area contributed by atoms with Crippen LogP contribution in [0.2, 0.25) is 0 Å². The van der Waals surface area contributed by atoms with Crippen molar-refractivity contribution < 1.29 is 21.6 Å². The number of amides is 1. The Kier molecular flexibility index (Phi) is 6.44. The van der Waals surface area contributed by atoms with Gasteiger partial charge < -0.3 is 5.32 Å². The number of rotatable bonds is 5. The van der Waals surface area contributed by atoms with Crippen LogP contribution in [0.5, 0.6) is 0 Å². The summed E-state index contributed by atoms with van der Waals surface area (Å²) in [5.41, 5.74) is 0.232. The molecule has 0 spiro atoms. The molecule has 0 aliphatic carbocycles. The molecule has 1 aromatic rings. The Morgan fingerprint density at radius 3 is 2.48 bits per heavy atom. The molecule has 3 aliphatic heterocycles. The van der Waals surface area contributed by atoms with Gasteiger partial charge in [-0.1, -0.05) is 12.5 Å². The molecule has 3 fully saturated rings. The number of sulfone groups is 1. The van der Waals surface area contributed by atoms with Crippen molar-refractivity contribution in [1.82, 2.24) is 14.5 Å². The predicted octanol–water partition coefficient (Wildman–Crippen LogP) is 1.24. The lowest BCUT2D eigenvalue weighted by molar-refractivity contribution is 0.0918. The smallest absolute Gasteiger partial charge is 0.251 e. The number of likely N-dealkylation sites (tertiary alicyclic amines) is 1.